The van der Waals surface area contributed by atoms with Crippen molar-refractivity contribution in [1.82, 2.24) is 24.2 Å². The number of rotatable bonds is 4. The second-order valence-electron chi connectivity index (χ2n) is 8.17. The zero-order chi connectivity index (χ0) is 22.2. The van der Waals surface area contributed by atoms with Crippen LogP contribution in [0.2, 0.25) is 5.02 Å². The van der Waals surface area contributed by atoms with Gasteiger partial charge in [0, 0.05) is 61.1 Å². The SMILES string of the molecule is Cc1c(CN2CCc3nc(-c4ccc(Cl)cc4)ncc3C2)c(=O)n(-c2ccccc2)n1C. The fraction of sp³-hybridized carbons (Fsp3) is 0.240. The third-order valence-corrected chi connectivity index (χ3v) is 6.42. The van der Waals surface area contributed by atoms with E-state index in [0.29, 0.717) is 11.6 Å². The van der Waals surface area contributed by atoms with E-state index in [-0.39, 0.29) is 5.56 Å². The third-order valence-electron chi connectivity index (χ3n) is 6.17. The van der Waals surface area contributed by atoms with Gasteiger partial charge in [0.05, 0.1) is 16.9 Å². The second-order valence-corrected chi connectivity index (χ2v) is 8.61. The van der Waals surface area contributed by atoms with E-state index in [1.54, 1.807) is 4.68 Å². The quantitative estimate of drug-likeness (QED) is 0.473. The van der Waals surface area contributed by atoms with E-state index >= 15 is 0 Å². The zero-order valence-corrected chi connectivity index (χ0v) is 18.9. The summed E-state index contributed by atoms with van der Waals surface area (Å²) in [5.74, 6) is 0.721. The molecule has 6 nitrogen and oxygen atoms in total. The molecule has 0 spiro atoms. The summed E-state index contributed by atoms with van der Waals surface area (Å²) in [6.45, 7) is 4.20. The number of aromatic nitrogens is 4. The normalized spacial score (nSPS) is 13.8. The van der Waals surface area contributed by atoms with Gasteiger partial charge in [-0.05, 0) is 43.3 Å². The maximum Gasteiger partial charge on any atom is 0.276 e. The number of hydrogen-bond donors (Lipinski definition) is 0. The Morgan fingerprint density at radius 1 is 1.06 bits per heavy atom. The van der Waals surface area contributed by atoms with Gasteiger partial charge in [-0.1, -0.05) is 29.8 Å². The van der Waals surface area contributed by atoms with Crippen molar-refractivity contribution >= 4 is 11.6 Å². The molecule has 5 rings (SSSR count). The number of fused-ring (bicyclic) bond motifs is 1. The molecule has 0 amide bonds. The topological polar surface area (TPSA) is 56.0 Å². The summed E-state index contributed by atoms with van der Waals surface area (Å²) in [4.78, 5) is 24.9. The molecule has 0 fully saturated rings. The lowest BCUT2D eigenvalue weighted by Gasteiger charge is -2.27. The highest BCUT2D eigenvalue weighted by molar-refractivity contribution is 6.30. The fourth-order valence-electron chi connectivity index (χ4n) is 4.28. The molecule has 0 N–H and O–H groups in total. The minimum absolute atomic E-state index is 0.0383. The van der Waals surface area contributed by atoms with E-state index in [2.05, 4.69) is 9.88 Å². The van der Waals surface area contributed by atoms with Gasteiger partial charge in [-0.2, -0.15) is 0 Å². The lowest BCUT2D eigenvalue weighted by atomic mass is 10.1. The largest absolute Gasteiger partial charge is 0.294 e. The van der Waals surface area contributed by atoms with Crippen LogP contribution >= 0.6 is 11.6 Å². The highest BCUT2D eigenvalue weighted by Crippen LogP contribution is 2.23. The summed E-state index contributed by atoms with van der Waals surface area (Å²) in [6, 6.07) is 17.3. The van der Waals surface area contributed by atoms with Crippen LogP contribution in [0.1, 0.15) is 22.5 Å². The lowest BCUT2D eigenvalue weighted by Crippen LogP contribution is -2.33. The van der Waals surface area contributed by atoms with Gasteiger partial charge in [-0.3, -0.25) is 14.4 Å². The van der Waals surface area contributed by atoms with Crippen molar-refractivity contribution in [3.63, 3.8) is 0 Å². The summed E-state index contributed by atoms with van der Waals surface area (Å²) in [6.07, 6.45) is 2.75. The van der Waals surface area contributed by atoms with Crippen molar-refractivity contribution in [1.29, 1.82) is 0 Å². The van der Waals surface area contributed by atoms with Crippen LogP contribution in [0.25, 0.3) is 17.1 Å². The Labute approximate surface area is 191 Å². The van der Waals surface area contributed by atoms with Crippen LogP contribution in [0.3, 0.4) is 0 Å². The van der Waals surface area contributed by atoms with Gasteiger partial charge in [0.15, 0.2) is 5.82 Å². The molecule has 0 radical (unpaired) electrons. The molecule has 0 unspecified atom stereocenters. The van der Waals surface area contributed by atoms with Crippen molar-refractivity contribution in [3.8, 4) is 17.1 Å². The third kappa shape index (κ3) is 3.76. The molecule has 162 valence electrons. The van der Waals surface area contributed by atoms with Gasteiger partial charge in [0.25, 0.3) is 5.56 Å². The molecule has 2 aromatic heterocycles. The molecule has 0 aliphatic carbocycles. The summed E-state index contributed by atoms with van der Waals surface area (Å²) >= 11 is 5.99. The molecule has 0 saturated heterocycles. The predicted molar refractivity (Wildman–Crippen MR) is 126 cm³/mol. The first-order valence-corrected chi connectivity index (χ1v) is 11.0. The second kappa shape index (κ2) is 8.37. The van der Waals surface area contributed by atoms with Crippen LogP contribution in [0, 0.1) is 6.92 Å². The Hall–Kier alpha value is -3.22. The molecule has 7 heteroatoms. The van der Waals surface area contributed by atoms with Crippen molar-refractivity contribution in [3.05, 3.63) is 98.7 Å². The highest BCUT2D eigenvalue weighted by atomic mass is 35.5. The van der Waals surface area contributed by atoms with Gasteiger partial charge < -0.3 is 0 Å². The van der Waals surface area contributed by atoms with E-state index in [9.17, 15) is 4.79 Å². The van der Waals surface area contributed by atoms with Crippen LogP contribution in [-0.4, -0.2) is 30.8 Å². The van der Waals surface area contributed by atoms with Gasteiger partial charge in [-0.15, -0.1) is 0 Å². The van der Waals surface area contributed by atoms with Crippen LogP contribution < -0.4 is 5.56 Å². The average molecular weight is 446 g/mol. The van der Waals surface area contributed by atoms with Crippen molar-refractivity contribution in [2.75, 3.05) is 6.54 Å². The van der Waals surface area contributed by atoms with Gasteiger partial charge in [-0.25, -0.2) is 14.6 Å². The van der Waals surface area contributed by atoms with Gasteiger partial charge in [0.1, 0.15) is 0 Å². The molecule has 4 aromatic rings. The Balaban J connectivity index is 1.38. The van der Waals surface area contributed by atoms with E-state index in [4.69, 9.17) is 16.6 Å². The highest BCUT2D eigenvalue weighted by Gasteiger charge is 2.23. The Morgan fingerprint density at radius 3 is 2.56 bits per heavy atom. The molecule has 0 bridgehead atoms. The standard InChI is InChI=1S/C25H24ClN5O/c1-17-22(25(32)31(29(17)2)21-6-4-3-5-7-21)16-30-13-12-23-19(15-30)14-27-24(28-23)18-8-10-20(26)11-9-18/h3-11,14H,12-13,15-16H2,1-2H3. The van der Waals surface area contributed by atoms with Crippen LogP contribution in [-0.2, 0) is 26.6 Å². The number of hydrogen-bond acceptors (Lipinski definition) is 4. The first-order chi connectivity index (χ1) is 15.5. The Morgan fingerprint density at radius 2 is 1.81 bits per heavy atom. The maximum atomic E-state index is 13.2. The Kier molecular flexibility index (Phi) is 5.41. The van der Waals surface area contributed by atoms with Crippen LogP contribution in [0.15, 0.2) is 65.6 Å². The van der Waals surface area contributed by atoms with Crippen molar-refractivity contribution in [2.45, 2.75) is 26.4 Å². The first kappa shape index (κ1) is 20.7. The van der Waals surface area contributed by atoms with E-state index in [1.165, 1.54) is 0 Å². The number of halogens is 1. The number of para-hydroxylation sites is 1. The van der Waals surface area contributed by atoms with Gasteiger partial charge >= 0.3 is 0 Å². The summed E-state index contributed by atoms with van der Waals surface area (Å²) in [5, 5.41) is 0.699. The monoisotopic (exact) mass is 445 g/mol. The minimum Gasteiger partial charge on any atom is -0.294 e. The molecule has 1 aliphatic heterocycles. The van der Waals surface area contributed by atoms with Crippen LogP contribution in [0.4, 0.5) is 0 Å². The predicted octanol–water partition coefficient (Wildman–Crippen LogP) is 4.15. The van der Waals surface area contributed by atoms with Crippen LogP contribution in [0.5, 0.6) is 0 Å². The lowest BCUT2D eigenvalue weighted by molar-refractivity contribution is 0.241. The zero-order valence-electron chi connectivity index (χ0n) is 18.1. The molecule has 0 saturated carbocycles. The molecule has 1 aliphatic rings. The summed E-state index contributed by atoms with van der Waals surface area (Å²) < 4.78 is 3.68. The molecule has 32 heavy (non-hydrogen) atoms. The summed E-state index contributed by atoms with van der Waals surface area (Å²) in [7, 11) is 1.94. The molecular formula is C25H24ClN5O. The van der Waals surface area contributed by atoms with E-state index in [0.717, 1.165) is 59.1 Å². The number of nitrogens with zero attached hydrogens (tertiary/aromatic N) is 5. The summed E-state index contributed by atoms with van der Waals surface area (Å²) in [5.41, 5.74) is 5.88. The maximum absolute atomic E-state index is 13.2. The number of benzene rings is 2. The smallest absolute Gasteiger partial charge is 0.276 e. The molecule has 3 heterocycles. The molecule has 2 aromatic carbocycles. The van der Waals surface area contributed by atoms with Crippen molar-refractivity contribution in [2.24, 2.45) is 7.05 Å². The molecule has 0 atom stereocenters. The van der Waals surface area contributed by atoms with Crippen molar-refractivity contribution < 1.29 is 0 Å². The molecular weight excluding hydrogens is 422 g/mol. The average Bonchev–Trinajstić information content (AvgIpc) is 3.03. The van der Waals surface area contributed by atoms with Gasteiger partial charge in [0.2, 0.25) is 0 Å². The fourth-order valence-corrected chi connectivity index (χ4v) is 4.40. The Bertz CT molecular complexity index is 1330. The minimum atomic E-state index is 0.0383. The van der Waals surface area contributed by atoms with E-state index in [1.807, 2.05) is 79.4 Å². The first-order valence-electron chi connectivity index (χ1n) is 10.7. The van der Waals surface area contributed by atoms with E-state index < -0.39 is 0 Å².